The monoisotopic (exact) mass is 126 g/mol. The van der Waals surface area contributed by atoms with Gasteiger partial charge in [-0.05, 0) is 6.92 Å². The number of carbonyl (C=O) groups excluding carboxylic acids is 1. The molecule has 1 atom stereocenters. The van der Waals surface area contributed by atoms with E-state index in [1.165, 1.54) is 6.26 Å². The molecule has 1 aliphatic rings. The highest BCUT2D eigenvalue weighted by atomic mass is 16.5. The summed E-state index contributed by atoms with van der Waals surface area (Å²) in [6, 6.07) is 0. The van der Waals surface area contributed by atoms with E-state index in [0.29, 0.717) is 6.61 Å². The Morgan fingerprint density at radius 1 is 1.78 bits per heavy atom. The first-order chi connectivity index (χ1) is 4.22. The van der Waals surface area contributed by atoms with E-state index in [1.54, 1.807) is 6.92 Å². The van der Waals surface area contributed by atoms with E-state index in [0.717, 1.165) is 5.57 Å². The van der Waals surface area contributed by atoms with Gasteiger partial charge in [0.1, 0.15) is 0 Å². The van der Waals surface area contributed by atoms with E-state index in [-0.39, 0.29) is 11.7 Å². The Bertz CT molecular complexity index is 158. The van der Waals surface area contributed by atoms with Crippen molar-refractivity contribution in [3.05, 3.63) is 11.8 Å². The molecule has 9 heavy (non-hydrogen) atoms. The second kappa shape index (κ2) is 2.21. The Balaban J connectivity index is 2.74. The van der Waals surface area contributed by atoms with Crippen molar-refractivity contribution in [1.82, 2.24) is 0 Å². The average Bonchev–Trinajstić information content (AvgIpc) is 1.83. The second-order valence-electron chi connectivity index (χ2n) is 2.40. The third kappa shape index (κ3) is 1.12. The van der Waals surface area contributed by atoms with Crippen LogP contribution in [-0.2, 0) is 9.53 Å². The Kier molecular flexibility index (Phi) is 1.56. The fourth-order valence-corrected chi connectivity index (χ4v) is 0.840. The maximum Gasteiger partial charge on any atom is 0.167 e. The lowest BCUT2D eigenvalue weighted by Gasteiger charge is -2.15. The SMILES string of the molecule is CC1=COC[C@@H](C)C1=O. The van der Waals surface area contributed by atoms with Gasteiger partial charge in [0.05, 0.1) is 18.8 Å². The summed E-state index contributed by atoms with van der Waals surface area (Å²) in [7, 11) is 0. The molecule has 0 aromatic rings. The molecule has 0 saturated heterocycles. The molecule has 0 aliphatic carbocycles. The zero-order chi connectivity index (χ0) is 6.85. The number of Topliss-reactive ketones (excluding diaryl/α,β-unsaturated/α-hetero) is 1. The van der Waals surface area contributed by atoms with E-state index in [2.05, 4.69) is 0 Å². The number of carbonyl (C=O) groups is 1. The minimum Gasteiger partial charge on any atom is -0.500 e. The molecule has 0 aromatic heterocycles. The van der Waals surface area contributed by atoms with Gasteiger partial charge >= 0.3 is 0 Å². The number of allylic oxidation sites excluding steroid dienone is 1. The molecular weight excluding hydrogens is 116 g/mol. The predicted molar refractivity (Wildman–Crippen MR) is 33.9 cm³/mol. The molecule has 1 rings (SSSR count). The van der Waals surface area contributed by atoms with Crippen LogP contribution < -0.4 is 0 Å². The Labute approximate surface area is 54.5 Å². The number of hydrogen-bond donors (Lipinski definition) is 0. The van der Waals surface area contributed by atoms with Gasteiger partial charge in [0.15, 0.2) is 5.78 Å². The first kappa shape index (κ1) is 6.33. The first-order valence-corrected chi connectivity index (χ1v) is 3.04. The number of rotatable bonds is 0. The van der Waals surface area contributed by atoms with Gasteiger partial charge in [0, 0.05) is 5.57 Å². The molecule has 1 heterocycles. The van der Waals surface area contributed by atoms with E-state index in [1.807, 2.05) is 6.92 Å². The van der Waals surface area contributed by atoms with Gasteiger partial charge in [-0.3, -0.25) is 4.79 Å². The molecule has 0 N–H and O–H groups in total. The predicted octanol–water partition coefficient (Wildman–Crippen LogP) is 1.13. The molecule has 0 bridgehead atoms. The zero-order valence-electron chi connectivity index (χ0n) is 5.68. The summed E-state index contributed by atoms with van der Waals surface area (Å²) >= 11 is 0. The summed E-state index contributed by atoms with van der Waals surface area (Å²) < 4.78 is 4.98. The molecule has 0 unspecified atom stereocenters. The third-order valence-electron chi connectivity index (χ3n) is 1.44. The molecule has 0 aromatic carbocycles. The van der Waals surface area contributed by atoms with Crippen LogP contribution in [0.3, 0.4) is 0 Å². The molecule has 1 aliphatic heterocycles. The van der Waals surface area contributed by atoms with Gasteiger partial charge in [-0.15, -0.1) is 0 Å². The molecule has 0 radical (unpaired) electrons. The fourth-order valence-electron chi connectivity index (χ4n) is 0.840. The molecule has 0 spiro atoms. The van der Waals surface area contributed by atoms with Gasteiger partial charge in [-0.1, -0.05) is 6.92 Å². The highest BCUT2D eigenvalue weighted by Crippen LogP contribution is 2.11. The second-order valence-corrected chi connectivity index (χ2v) is 2.40. The Hall–Kier alpha value is -0.790. The Morgan fingerprint density at radius 2 is 2.44 bits per heavy atom. The van der Waals surface area contributed by atoms with E-state index >= 15 is 0 Å². The highest BCUT2D eigenvalue weighted by molar-refractivity contribution is 5.96. The fraction of sp³-hybridized carbons (Fsp3) is 0.571. The summed E-state index contributed by atoms with van der Waals surface area (Å²) in [5, 5.41) is 0. The minimum absolute atomic E-state index is 0.0509. The van der Waals surface area contributed by atoms with Crippen LogP contribution in [0.1, 0.15) is 13.8 Å². The summed E-state index contributed by atoms with van der Waals surface area (Å²) in [5.74, 6) is 0.260. The summed E-state index contributed by atoms with van der Waals surface area (Å²) in [6.07, 6.45) is 1.53. The van der Waals surface area contributed by atoms with E-state index in [4.69, 9.17) is 4.74 Å². The highest BCUT2D eigenvalue weighted by Gasteiger charge is 2.18. The van der Waals surface area contributed by atoms with Gasteiger partial charge < -0.3 is 4.74 Å². The van der Waals surface area contributed by atoms with Crippen LogP contribution >= 0.6 is 0 Å². The van der Waals surface area contributed by atoms with Crippen LogP contribution in [0.2, 0.25) is 0 Å². The van der Waals surface area contributed by atoms with Crippen molar-refractivity contribution in [3.63, 3.8) is 0 Å². The van der Waals surface area contributed by atoms with Crippen LogP contribution in [0.25, 0.3) is 0 Å². The zero-order valence-corrected chi connectivity index (χ0v) is 5.68. The van der Waals surface area contributed by atoms with Crippen molar-refractivity contribution >= 4 is 5.78 Å². The molecule has 0 amide bonds. The van der Waals surface area contributed by atoms with E-state index in [9.17, 15) is 4.79 Å². The number of ketones is 1. The van der Waals surface area contributed by atoms with Crippen molar-refractivity contribution < 1.29 is 9.53 Å². The van der Waals surface area contributed by atoms with Crippen LogP contribution in [0.15, 0.2) is 11.8 Å². The minimum atomic E-state index is 0.0509. The maximum absolute atomic E-state index is 11.0. The lowest BCUT2D eigenvalue weighted by atomic mass is 10.0. The lowest BCUT2D eigenvalue weighted by Crippen LogP contribution is -2.21. The molecule has 0 fully saturated rings. The third-order valence-corrected chi connectivity index (χ3v) is 1.44. The van der Waals surface area contributed by atoms with Crippen LogP contribution in [-0.4, -0.2) is 12.4 Å². The number of hydrogen-bond acceptors (Lipinski definition) is 2. The summed E-state index contributed by atoms with van der Waals surface area (Å²) in [5.41, 5.74) is 0.730. The number of ether oxygens (including phenoxy) is 1. The summed E-state index contributed by atoms with van der Waals surface area (Å²) in [6.45, 7) is 4.19. The molecule has 2 nitrogen and oxygen atoms in total. The van der Waals surface area contributed by atoms with Crippen LogP contribution in [0, 0.1) is 5.92 Å². The topological polar surface area (TPSA) is 26.3 Å². The molecule has 0 saturated carbocycles. The average molecular weight is 126 g/mol. The smallest absolute Gasteiger partial charge is 0.167 e. The summed E-state index contributed by atoms with van der Waals surface area (Å²) in [4.78, 5) is 11.0. The van der Waals surface area contributed by atoms with Gasteiger partial charge in [-0.2, -0.15) is 0 Å². The van der Waals surface area contributed by atoms with Crippen molar-refractivity contribution in [2.75, 3.05) is 6.61 Å². The van der Waals surface area contributed by atoms with Crippen molar-refractivity contribution in [2.24, 2.45) is 5.92 Å². The van der Waals surface area contributed by atoms with Gasteiger partial charge in [0.2, 0.25) is 0 Å². The Morgan fingerprint density at radius 3 is 2.89 bits per heavy atom. The van der Waals surface area contributed by atoms with Crippen LogP contribution in [0.4, 0.5) is 0 Å². The maximum atomic E-state index is 11.0. The van der Waals surface area contributed by atoms with Gasteiger partial charge in [-0.25, -0.2) is 0 Å². The van der Waals surface area contributed by atoms with Crippen molar-refractivity contribution in [3.8, 4) is 0 Å². The molecule has 50 valence electrons. The molecular formula is C7H10O2. The quantitative estimate of drug-likeness (QED) is 0.486. The first-order valence-electron chi connectivity index (χ1n) is 3.04. The van der Waals surface area contributed by atoms with E-state index < -0.39 is 0 Å². The lowest BCUT2D eigenvalue weighted by molar-refractivity contribution is -0.121. The van der Waals surface area contributed by atoms with Gasteiger partial charge in [0.25, 0.3) is 0 Å². The van der Waals surface area contributed by atoms with Crippen LogP contribution in [0.5, 0.6) is 0 Å². The van der Waals surface area contributed by atoms with Crippen molar-refractivity contribution in [1.29, 1.82) is 0 Å². The largest absolute Gasteiger partial charge is 0.500 e. The standard InChI is InChI=1S/C7H10O2/c1-5-3-9-4-6(2)7(5)8/h3,6H,4H2,1-2H3/t6-/m1/s1. The van der Waals surface area contributed by atoms with Crippen molar-refractivity contribution in [2.45, 2.75) is 13.8 Å². The normalized spacial score (nSPS) is 27.1. The molecule has 2 heteroatoms.